The van der Waals surface area contributed by atoms with Crippen molar-refractivity contribution in [3.63, 3.8) is 0 Å². The van der Waals surface area contributed by atoms with Crippen molar-refractivity contribution >= 4 is 17.4 Å². The lowest BCUT2D eigenvalue weighted by Gasteiger charge is -2.19. The van der Waals surface area contributed by atoms with Crippen molar-refractivity contribution in [2.24, 2.45) is 23.7 Å². The number of likely N-dealkylation sites (tertiary alicyclic amines) is 1. The molecule has 132 valence electrons. The Morgan fingerprint density at radius 3 is 2.67 bits per heavy atom. The quantitative estimate of drug-likeness (QED) is 0.889. The van der Waals surface area contributed by atoms with Crippen LogP contribution < -0.4 is 5.32 Å². The molecule has 1 aliphatic heterocycles. The second-order valence-electron chi connectivity index (χ2n) is 8.37. The Balaban J connectivity index is 1.23. The molecular weight excluding hydrogens is 320 g/mol. The van der Waals surface area contributed by atoms with Gasteiger partial charge in [0.05, 0.1) is 6.54 Å². The first-order valence-corrected chi connectivity index (χ1v) is 10.1. The molecule has 2 saturated carbocycles. The summed E-state index contributed by atoms with van der Waals surface area (Å²) in [5.41, 5.74) is 0. The van der Waals surface area contributed by atoms with E-state index in [4.69, 9.17) is 0 Å². The zero-order valence-corrected chi connectivity index (χ0v) is 15.7. The molecular formula is C18H28N4OS. The largest absolute Gasteiger partial charge is 0.352 e. The number of fused-ring (bicyclic) bond motifs is 1. The van der Waals surface area contributed by atoms with Gasteiger partial charge in [0.2, 0.25) is 5.91 Å². The topological polar surface area (TPSA) is 58.1 Å². The maximum atomic E-state index is 12.4. The molecule has 3 fully saturated rings. The van der Waals surface area contributed by atoms with Gasteiger partial charge in [-0.2, -0.15) is 4.37 Å². The SMILES string of the molecule is CC1CCC(C(=O)NC2[C@H]3CN(Cc4nc(C(C)C)ns4)C[C@@H]23)C1. The number of carbonyl (C=O) groups is 1. The molecule has 24 heavy (non-hydrogen) atoms. The summed E-state index contributed by atoms with van der Waals surface area (Å²) in [7, 11) is 0. The minimum absolute atomic E-state index is 0.272. The van der Waals surface area contributed by atoms with Crippen molar-refractivity contribution in [3.8, 4) is 0 Å². The van der Waals surface area contributed by atoms with Crippen LogP contribution in [-0.2, 0) is 11.3 Å². The van der Waals surface area contributed by atoms with Crippen LogP contribution in [0.3, 0.4) is 0 Å². The maximum Gasteiger partial charge on any atom is 0.223 e. The molecule has 2 heterocycles. The number of aromatic nitrogens is 2. The van der Waals surface area contributed by atoms with Crippen molar-refractivity contribution in [2.45, 2.75) is 58.5 Å². The van der Waals surface area contributed by atoms with Gasteiger partial charge in [0, 0.05) is 31.0 Å². The van der Waals surface area contributed by atoms with Gasteiger partial charge in [-0.15, -0.1) is 0 Å². The van der Waals surface area contributed by atoms with E-state index in [2.05, 4.69) is 40.3 Å². The molecule has 1 aromatic rings. The Morgan fingerprint density at radius 2 is 2.08 bits per heavy atom. The summed E-state index contributed by atoms with van der Waals surface area (Å²) in [6.45, 7) is 9.62. The van der Waals surface area contributed by atoms with E-state index >= 15 is 0 Å². The van der Waals surface area contributed by atoms with E-state index in [0.717, 1.165) is 49.2 Å². The van der Waals surface area contributed by atoms with Gasteiger partial charge < -0.3 is 5.32 Å². The number of hydrogen-bond acceptors (Lipinski definition) is 5. The average Bonchev–Trinajstić information content (AvgIpc) is 3.04. The third-order valence-electron chi connectivity index (χ3n) is 6.00. The molecule has 0 spiro atoms. The van der Waals surface area contributed by atoms with E-state index < -0.39 is 0 Å². The molecule has 0 bridgehead atoms. The molecule has 5 atom stereocenters. The van der Waals surface area contributed by atoms with Crippen molar-refractivity contribution in [2.75, 3.05) is 13.1 Å². The Hall–Kier alpha value is -1.01. The van der Waals surface area contributed by atoms with E-state index in [1.807, 2.05) is 0 Å². The van der Waals surface area contributed by atoms with Gasteiger partial charge in [-0.1, -0.05) is 20.8 Å². The molecule has 3 aliphatic rings. The van der Waals surface area contributed by atoms with E-state index in [1.165, 1.54) is 18.0 Å². The fourth-order valence-corrected chi connectivity index (χ4v) is 5.27. The highest BCUT2D eigenvalue weighted by atomic mass is 32.1. The molecule has 0 radical (unpaired) electrons. The molecule has 2 aliphatic carbocycles. The number of piperidine rings is 1. The molecule has 6 heteroatoms. The van der Waals surface area contributed by atoms with Gasteiger partial charge in [0.1, 0.15) is 10.8 Å². The molecule has 4 rings (SSSR count). The summed E-state index contributed by atoms with van der Waals surface area (Å²) >= 11 is 1.54. The Labute approximate surface area is 148 Å². The number of amides is 1. The van der Waals surface area contributed by atoms with Crippen molar-refractivity contribution in [3.05, 3.63) is 10.8 Å². The lowest BCUT2D eigenvalue weighted by Crippen LogP contribution is -2.37. The van der Waals surface area contributed by atoms with Gasteiger partial charge >= 0.3 is 0 Å². The fourth-order valence-electron chi connectivity index (χ4n) is 4.44. The molecule has 1 amide bonds. The van der Waals surface area contributed by atoms with E-state index in [1.54, 1.807) is 0 Å². The van der Waals surface area contributed by atoms with Crippen LogP contribution in [0.5, 0.6) is 0 Å². The molecule has 3 unspecified atom stereocenters. The van der Waals surface area contributed by atoms with Crippen LogP contribution in [0.2, 0.25) is 0 Å². The van der Waals surface area contributed by atoms with Crippen LogP contribution in [-0.4, -0.2) is 39.3 Å². The third-order valence-corrected chi connectivity index (χ3v) is 6.71. The summed E-state index contributed by atoms with van der Waals surface area (Å²) < 4.78 is 4.44. The summed E-state index contributed by atoms with van der Waals surface area (Å²) in [5.74, 6) is 3.99. The number of nitrogens with one attached hydrogen (secondary N) is 1. The van der Waals surface area contributed by atoms with E-state index in [9.17, 15) is 4.79 Å². The number of hydrogen-bond donors (Lipinski definition) is 1. The predicted octanol–water partition coefficient (Wildman–Crippen LogP) is 2.64. The van der Waals surface area contributed by atoms with Crippen LogP contribution >= 0.6 is 11.5 Å². The lowest BCUT2D eigenvalue weighted by atomic mass is 10.1. The van der Waals surface area contributed by atoms with Gasteiger partial charge in [0.15, 0.2) is 0 Å². The first kappa shape index (κ1) is 16.5. The predicted molar refractivity (Wildman–Crippen MR) is 94.7 cm³/mol. The van der Waals surface area contributed by atoms with Crippen LogP contribution in [0.4, 0.5) is 0 Å². The lowest BCUT2D eigenvalue weighted by molar-refractivity contribution is -0.125. The van der Waals surface area contributed by atoms with Crippen LogP contribution in [0, 0.1) is 23.7 Å². The van der Waals surface area contributed by atoms with E-state index in [-0.39, 0.29) is 5.92 Å². The second-order valence-corrected chi connectivity index (χ2v) is 9.21. The first-order chi connectivity index (χ1) is 11.5. The first-order valence-electron chi connectivity index (χ1n) is 9.36. The van der Waals surface area contributed by atoms with E-state index in [0.29, 0.717) is 29.7 Å². The van der Waals surface area contributed by atoms with Crippen LogP contribution in [0.25, 0.3) is 0 Å². The monoisotopic (exact) mass is 348 g/mol. The molecule has 1 saturated heterocycles. The minimum Gasteiger partial charge on any atom is -0.352 e. The summed E-state index contributed by atoms with van der Waals surface area (Å²) in [6.07, 6.45) is 3.37. The highest BCUT2D eigenvalue weighted by Gasteiger charge is 2.56. The van der Waals surface area contributed by atoms with Gasteiger partial charge in [-0.25, -0.2) is 4.98 Å². The maximum absolute atomic E-state index is 12.4. The Kier molecular flexibility index (Phi) is 4.37. The number of carbonyl (C=O) groups excluding carboxylic acids is 1. The Morgan fingerprint density at radius 1 is 1.33 bits per heavy atom. The summed E-state index contributed by atoms with van der Waals surface area (Å²) in [5, 5.41) is 4.46. The normalized spacial score (nSPS) is 35.4. The zero-order valence-electron chi connectivity index (χ0n) is 14.9. The van der Waals surface area contributed by atoms with Gasteiger partial charge in [0.25, 0.3) is 0 Å². The average molecular weight is 349 g/mol. The van der Waals surface area contributed by atoms with Gasteiger partial charge in [-0.05, 0) is 48.5 Å². The Bertz CT molecular complexity index is 604. The summed E-state index contributed by atoms with van der Waals surface area (Å²) in [6, 6.07) is 0.435. The molecule has 0 aromatic carbocycles. The molecule has 5 nitrogen and oxygen atoms in total. The zero-order chi connectivity index (χ0) is 16.8. The highest BCUT2D eigenvalue weighted by Crippen LogP contribution is 2.46. The smallest absolute Gasteiger partial charge is 0.223 e. The van der Waals surface area contributed by atoms with Gasteiger partial charge in [-0.3, -0.25) is 9.69 Å². The van der Waals surface area contributed by atoms with Crippen molar-refractivity contribution < 1.29 is 4.79 Å². The number of nitrogens with zero attached hydrogens (tertiary/aromatic N) is 3. The highest BCUT2D eigenvalue weighted by molar-refractivity contribution is 7.05. The summed E-state index contributed by atoms with van der Waals surface area (Å²) in [4.78, 5) is 19.5. The second kappa shape index (κ2) is 6.37. The fraction of sp³-hybridized carbons (Fsp3) is 0.833. The molecule has 1 N–H and O–H groups in total. The molecule has 1 aromatic heterocycles. The van der Waals surface area contributed by atoms with Crippen LogP contribution in [0.1, 0.15) is 56.8 Å². The number of rotatable bonds is 5. The standard InChI is InChI=1S/C18H28N4OS/c1-10(2)17-19-15(24-21-17)9-22-7-13-14(8-22)16(13)20-18(23)12-5-4-11(3)6-12/h10-14,16H,4-9H2,1-3H3,(H,20,23)/t11?,12?,13-,14+,16?. The van der Waals surface area contributed by atoms with Crippen molar-refractivity contribution in [1.29, 1.82) is 0 Å². The van der Waals surface area contributed by atoms with Crippen molar-refractivity contribution in [1.82, 2.24) is 19.6 Å². The minimum atomic E-state index is 0.272. The van der Waals surface area contributed by atoms with Crippen LogP contribution in [0.15, 0.2) is 0 Å². The third kappa shape index (κ3) is 3.23.